The summed E-state index contributed by atoms with van der Waals surface area (Å²) in [4.78, 5) is 15.7. The fraction of sp³-hybridized carbons (Fsp3) is 0.909. The Labute approximate surface area is 96.0 Å². The molecule has 16 heavy (non-hydrogen) atoms. The predicted octanol–water partition coefficient (Wildman–Crippen LogP) is -0.276. The van der Waals surface area contributed by atoms with Crippen molar-refractivity contribution in [3.63, 3.8) is 0 Å². The van der Waals surface area contributed by atoms with Crippen LogP contribution in [-0.4, -0.2) is 73.4 Å². The number of carbonyl (C=O) groups is 1. The number of hydrogen-bond acceptors (Lipinski definition) is 4. The van der Waals surface area contributed by atoms with Crippen molar-refractivity contribution in [1.82, 2.24) is 9.80 Å². The summed E-state index contributed by atoms with van der Waals surface area (Å²) in [6, 6.07) is -0.351. The number of rotatable bonds is 3. The molecule has 0 aromatic carbocycles. The van der Waals surface area contributed by atoms with Gasteiger partial charge < -0.3 is 14.7 Å². The van der Waals surface area contributed by atoms with Gasteiger partial charge in [0, 0.05) is 38.7 Å². The predicted molar refractivity (Wildman–Crippen MR) is 59.4 cm³/mol. The topological polar surface area (TPSA) is 53.0 Å². The van der Waals surface area contributed by atoms with Crippen molar-refractivity contribution in [3.05, 3.63) is 0 Å². The fourth-order valence-electron chi connectivity index (χ4n) is 2.56. The molecule has 0 spiro atoms. The van der Waals surface area contributed by atoms with Gasteiger partial charge in [-0.25, -0.2) is 0 Å². The third-order valence-electron chi connectivity index (χ3n) is 3.60. The van der Waals surface area contributed by atoms with E-state index >= 15 is 0 Å². The number of nitrogens with zero attached hydrogens (tertiary/aromatic N) is 2. The van der Waals surface area contributed by atoms with Gasteiger partial charge in [0.25, 0.3) is 0 Å². The smallest absolute Gasteiger partial charge is 0.321 e. The first-order valence-electron chi connectivity index (χ1n) is 5.91. The number of hydrogen-bond donors (Lipinski definition) is 1. The van der Waals surface area contributed by atoms with Crippen LogP contribution in [0.5, 0.6) is 0 Å². The molecule has 5 nitrogen and oxygen atoms in total. The summed E-state index contributed by atoms with van der Waals surface area (Å²) < 4.78 is 5.30. The van der Waals surface area contributed by atoms with Crippen molar-refractivity contribution in [2.45, 2.75) is 12.5 Å². The number of ether oxygens (including phenoxy) is 1. The van der Waals surface area contributed by atoms with E-state index in [1.165, 1.54) is 0 Å². The van der Waals surface area contributed by atoms with Gasteiger partial charge in [0.1, 0.15) is 6.04 Å². The molecule has 1 N–H and O–H groups in total. The van der Waals surface area contributed by atoms with Crippen molar-refractivity contribution in [3.8, 4) is 0 Å². The summed E-state index contributed by atoms with van der Waals surface area (Å²) in [5, 5.41) is 9.34. The quantitative estimate of drug-likeness (QED) is 0.720. The molecule has 92 valence electrons. The molecule has 0 aliphatic carbocycles. The van der Waals surface area contributed by atoms with Gasteiger partial charge >= 0.3 is 5.97 Å². The highest BCUT2D eigenvalue weighted by molar-refractivity contribution is 5.74. The van der Waals surface area contributed by atoms with Gasteiger partial charge in [0.15, 0.2) is 0 Å². The molecule has 2 aliphatic heterocycles. The molecule has 0 bridgehead atoms. The van der Waals surface area contributed by atoms with Crippen LogP contribution in [0.25, 0.3) is 0 Å². The Bertz CT molecular complexity index is 246. The fourth-order valence-corrected chi connectivity index (χ4v) is 2.56. The van der Waals surface area contributed by atoms with Crippen LogP contribution in [0.15, 0.2) is 0 Å². The second kappa shape index (κ2) is 5.12. The van der Waals surface area contributed by atoms with Crippen LogP contribution < -0.4 is 0 Å². The molecule has 0 aromatic rings. The zero-order chi connectivity index (χ0) is 11.5. The van der Waals surface area contributed by atoms with Gasteiger partial charge in [-0.05, 0) is 13.5 Å². The molecule has 0 amide bonds. The zero-order valence-electron chi connectivity index (χ0n) is 9.76. The Hall–Kier alpha value is -0.650. The van der Waals surface area contributed by atoms with Crippen molar-refractivity contribution < 1.29 is 14.6 Å². The minimum Gasteiger partial charge on any atom is -0.480 e. The van der Waals surface area contributed by atoms with Crippen molar-refractivity contribution >= 4 is 5.97 Å². The van der Waals surface area contributed by atoms with Crippen LogP contribution in [0.3, 0.4) is 0 Å². The van der Waals surface area contributed by atoms with E-state index in [9.17, 15) is 9.90 Å². The molecule has 2 rings (SSSR count). The van der Waals surface area contributed by atoms with Crippen LogP contribution >= 0.6 is 0 Å². The lowest BCUT2D eigenvalue weighted by Crippen LogP contribution is -2.54. The van der Waals surface area contributed by atoms with E-state index in [-0.39, 0.29) is 12.0 Å². The van der Waals surface area contributed by atoms with E-state index in [1.54, 1.807) is 0 Å². The summed E-state index contributed by atoms with van der Waals surface area (Å²) in [5.41, 5.74) is 0. The Kier molecular flexibility index (Phi) is 3.78. The van der Waals surface area contributed by atoms with Gasteiger partial charge in [-0.15, -0.1) is 0 Å². The van der Waals surface area contributed by atoms with Crippen LogP contribution in [-0.2, 0) is 9.53 Å². The summed E-state index contributed by atoms with van der Waals surface area (Å²) >= 11 is 0. The molecule has 2 saturated heterocycles. The average molecular weight is 228 g/mol. The summed E-state index contributed by atoms with van der Waals surface area (Å²) in [5.74, 6) is -0.527. The summed E-state index contributed by atoms with van der Waals surface area (Å²) in [7, 11) is 2.08. The van der Waals surface area contributed by atoms with E-state index in [4.69, 9.17) is 4.74 Å². The number of aliphatic carboxylic acids is 1. The number of carboxylic acid groups (broad SMARTS) is 1. The van der Waals surface area contributed by atoms with E-state index in [2.05, 4.69) is 16.8 Å². The number of likely N-dealkylation sites (N-methyl/N-ethyl adjacent to an activating group) is 1. The second-order valence-electron chi connectivity index (χ2n) is 4.75. The maximum atomic E-state index is 11.4. The molecule has 2 fully saturated rings. The molecule has 2 unspecified atom stereocenters. The first-order valence-corrected chi connectivity index (χ1v) is 5.91. The van der Waals surface area contributed by atoms with Gasteiger partial charge in [-0.1, -0.05) is 0 Å². The third-order valence-corrected chi connectivity index (χ3v) is 3.60. The first kappa shape index (κ1) is 11.8. The standard InChI is InChI=1S/C11H20N2O3/c1-12-3-5-13(6-4-12)10(11(14)15)9-2-7-16-8-9/h9-10H,2-8H2,1H3,(H,14,15). The Morgan fingerprint density at radius 1 is 1.38 bits per heavy atom. The lowest BCUT2D eigenvalue weighted by Gasteiger charge is -2.38. The van der Waals surface area contributed by atoms with Crippen molar-refractivity contribution in [2.24, 2.45) is 5.92 Å². The van der Waals surface area contributed by atoms with E-state index < -0.39 is 5.97 Å². The second-order valence-corrected chi connectivity index (χ2v) is 4.75. The zero-order valence-corrected chi connectivity index (χ0v) is 9.76. The van der Waals surface area contributed by atoms with Gasteiger partial charge in [-0.3, -0.25) is 9.69 Å². The maximum Gasteiger partial charge on any atom is 0.321 e. The van der Waals surface area contributed by atoms with E-state index in [0.717, 1.165) is 32.6 Å². The first-order chi connectivity index (χ1) is 7.68. The van der Waals surface area contributed by atoms with Gasteiger partial charge in [-0.2, -0.15) is 0 Å². The normalized spacial score (nSPS) is 30.4. The summed E-state index contributed by atoms with van der Waals surface area (Å²) in [6.45, 7) is 4.92. The highest BCUT2D eigenvalue weighted by Gasteiger charge is 2.36. The van der Waals surface area contributed by atoms with E-state index in [1.807, 2.05) is 0 Å². The Morgan fingerprint density at radius 2 is 2.06 bits per heavy atom. The minimum atomic E-state index is -0.694. The number of carboxylic acids is 1. The average Bonchev–Trinajstić information content (AvgIpc) is 2.74. The van der Waals surface area contributed by atoms with Gasteiger partial charge in [0.2, 0.25) is 0 Å². The lowest BCUT2D eigenvalue weighted by atomic mass is 9.97. The van der Waals surface area contributed by atoms with E-state index in [0.29, 0.717) is 13.2 Å². The molecular weight excluding hydrogens is 208 g/mol. The third kappa shape index (κ3) is 2.53. The number of piperazine rings is 1. The molecule has 0 aromatic heterocycles. The molecule has 5 heteroatoms. The highest BCUT2D eigenvalue weighted by Crippen LogP contribution is 2.22. The van der Waals surface area contributed by atoms with Crippen LogP contribution in [0, 0.1) is 5.92 Å². The molecule has 0 saturated carbocycles. The highest BCUT2D eigenvalue weighted by atomic mass is 16.5. The molecule has 2 atom stereocenters. The maximum absolute atomic E-state index is 11.4. The van der Waals surface area contributed by atoms with Crippen LogP contribution in [0.2, 0.25) is 0 Å². The van der Waals surface area contributed by atoms with Crippen molar-refractivity contribution in [2.75, 3.05) is 46.4 Å². The molecular formula is C11H20N2O3. The minimum absolute atomic E-state index is 0.168. The Balaban J connectivity index is 1.98. The molecule has 0 radical (unpaired) electrons. The van der Waals surface area contributed by atoms with Crippen LogP contribution in [0.1, 0.15) is 6.42 Å². The van der Waals surface area contributed by atoms with Crippen molar-refractivity contribution in [1.29, 1.82) is 0 Å². The SMILES string of the molecule is CN1CCN(C(C(=O)O)C2CCOC2)CC1. The largest absolute Gasteiger partial charge is 0.480 e. The van der Waals surface area contributed by atoms with Gasteiger partial charge in [0.05, 0.1) is 6.61 Å². The van der Waals surface area contributed by atoms with Crippen LogP contribution in [0.4, 0.5) is 0 Å². The summed E-state index contributed by atoms with van der Waals surface area (Å²) in [6.07, 6.45) is 0.878. The lowest BCUT2D eigenvalue weighted by molar-refractivity contribution is -0.146. The molecule has 2 heterocycles. The Morgan fingerprint density at radius 3 is 2.56 bits per heavy atom. The monoisotopic (exact) mass is 228 g/mol. The molecule has 2 aliphatic rings.